The standard InChI is InChI=1S/C13H18BrN3S/c1-4-9-8-11(17(3)16-9)12(15-5-2)13-10(14)6-7-18-13/h6-8,12,15H,4-5H2,1-3H3. The van der Waals surface area contributed by atoms with Crippen LogP contribution in [0.4, 0.5) is 0 Å². The van der Waals surface area contributed by atoms with Crippen molar-refractivity contribution in [1.29, 1.82) is 0 Å². The molecular formula is C13H18BrN3S. The largest absolute Gasteiger partial charge is 0.305 e. The Labute approximate surface area is 120 Å². The van der Waals surface area contributed by atoms with Crippen LogP contribution < -0.4 is 5.32 Å². The first-order valence-electron chi connectivity index (χ1n) is 6.16. The van der Waals surface area contributed by atoms with Crippen LogP contribution in [-0.4, -0.2) is 16.3 Å². The molecule has 0 spiro atoms. The normalized spacial score (nSPS) is 12.9. The Bertz CT molecular complexity index is 518. The van der Waals surface area contributed by atoms with Crippen molar-refractivity contribution in [2.45, 2.75) is 26.3 Å². The second-order valence-corrected chi connectivity index (χ2v) is 5.96. The molecule has 18 heavy (non-hydrogen) atoms. The third-order valence-electron chi connectivity index (χ3n) is 2.94. The molecule has 0 fully saturated rings. The molecule has 2 aromatic rings. The van der Waals surface area contributed by atoms with Crippen LogP contribution in [0.3, 0.4) is 0 Å². The highest BCUT2D eigenvalue weighted by Gasteiger charge is 2.21. The monoisotopic (exact) mass is 327 g/mol. The van der Waals surface area contributed by atoms with Crippen molar-refractivity contribution in [2.75, 3.05) is 6.54 Å². The zero-order chi connectivity index (χ0) is 13.1. The SMILES string of the molecule is CCNC(c1sccc1Br)c1cc(CC)nn1C. The molecule has 1 unspecified atom stereocenters. The fourth-order valence-electron chi connectivity index (χ4n) is 2.03. The Kier molecular flexibility index (Phi) is 4.59. The predicted octanol–water partition coefficient (Wildman–Crippen LogP) is 3.51. The van der Waals surface area contributed by atoms with Gasteiger partial charge in [0.05, 0.1) is 17.4 Å². The molecule has 2 aromatic heterocycles. The number of thiophene rings is 1. The smallest absolute Gasteiger partial charge is 0.0853 e. The summed E-state index contributed by atoms with van der Waals surface area (Å²) in [6, 6.07) is 4.50. The maximum absolute atomic E-state index is 4.54. The van der Waals surface area contributed by atoms with Gasteiger partial charge in [0.25, 0.3) is 0 Å². The van der Waals surface area contributed by atoms with Crippen LogP contribution in [0, 0.1) is 0 Å². The topological polar surface area (TPSA) is 29.9 Å². The lowest BCUT2D eigenvalue weighted by molar-refractivity contribution is 0.577. The molecule has 0 aliphatic rings. The molecule has 98 valence electrons. The predicted molar refractivity (Wildman–Crippen MR) is 80.1 cm³/mol. The van der Waals surface area contributed by atoms with Gasteiger partial charge < -0.3 is 5.32 Å². The van der Waals surface area contributed by atoms with Gasteiger partial charge >= 0.3 is 0 Å². The van der Waals surface area contributed by atoms with Crippen molar-refractivity contribution >= 4 is 27.3 Å². The van der Waals surface area contributed by atoms with Crippen LogP contribution >= 0.6 is 27.3 Å². The Balaban J connectivity index is 2.41. The van der Waals surface area contributed by atoms with E-state index in [4.69, 9.17) is 0 Å². The molecule has 1 atom stereocenters. The molecule has 3 nitrogen and oxygen atoms in total. The first kappa shape index (κ1) is 13.8. The fourth-order valence-corrected chi connectivity index (χ4v) is 3.72. The van der Waals surface area contributed by atoms with E-state index in [0.717, 1.165) is 23.1 Å². The molecular weight excluding hydrogens is 310 g/mol. The summed E-state index contributed by atoms with van der Waals surface area (Å²) in [4.78, 5) is 1.31. The first-order valence-corrected chi connectivity index (χ1v) is 7.83. The third kappa shape index (κ3) is 2.68. The summed E-state index contributed by atoms with van der Waals surface area (Å²) in [7, 11) is 2.01. The Hall–Kier alpha value is -0.650. The second kappa shape index (κ2) is 5.99. The van der Waals surface area contributed by atoms with Crippen molar-refractivity contribution in [1.82, 2.24) is 15.1 Å². The maximum atomic E-state index is 4.54. The van der Waals surface area contributed by atoms with Crippen molar-refractivity contribution in [3.8, 4) is 0 Å². The minimum absolute atomic E-state index is 0.210. The van der Waals surface area contributed by atoms with Crippen LogP contribution in [0.25, 0.3) is 0 Å². The number of nitrogens with one attached hydrogen (secondary N) is 1. The van der Waals surface area contributed by atoms with E-state index in [2.05, 4.69) is 57.7 Å². The highest BCUT2D eigenvalue weighted by molar-refractivity contribution is 9.10. The van der Waals surface area contributed by atoms with E-state index in [0.29, 0.717) is 0 Å². The molecule has 0 bridgehead atoms. The lowest BCUT2D eigenvalue weighted by Gasteiger charge is -2.17. The average molecular weight is 328 g/mol. The summed E-state index contributed by atoms with van der Waals surface area (Å²) in [6.07, 6.45) is 0.971. The number of halogens is 1. The van der Waals surface area contributed by atoms with Gasteiger partial charge in [-0.25, -0.2) is 0 Å². The number of hydrogen-bond donors (Lipinski definition) is 1. The van der Waals surface area contributed by atoms with Gasteiger partial charge in [-0.1, -0.05) is 13.8 Å². The fraction of sp³-hybridized carbons (Fsp3) is 0.462. The zero-order valence-electron chi connectivity index (χ0n) is 10.9. The average Bonchev–Trinajstić information content (AvgIpc) is 2.93. The van der Waals surface area contributed by atoms with E-state index >= 15 is 0 Å². The maximum Gasteiger partial charge on any atom is 0.0853 e. The minimum Gasteiger partial charge on any atom is -0.305 e. The number of nitrogens with zero attached hydrogens (tertiary/aromatic N) is 2. The number of hydrogen-bond acceptors (Lipinski definition) is 3. The summed E-state index contributed by atoms with van der Waals surface area (Å²) in [5, 5.41) is 10.2. The number of rotatable bonds is 5. The summed E-state index contributed by atoms with van der Waals surface area (Å²) < 4.78 is 3.15. The van der Waals surface area contributed by atoms with Gasteiger partial charge in [0, 0.05) is 16.4 Å². The first-order chi connectivity index (χ1) is 8.67. The Morgan fingerprint density at radius 1 is 1.50 bits per heavy atom. The van der Waals surface area contributed by atoms with E-state index in [1.54, 1.807) is 11.3 Å². The van der Waals surface area contributed by atoms with Gasteiger partial charge in [-0.3, -0.25) is 4.68 Å². The van der Waals surface area contributed by atoms with Crippen molar-refractivity contribution in [3.63, 3.8) is 0 Å². The van der Waals surface area contributed by atoms with Crippen molar-refractivity contribution in [2.24, 2.45) is 7.05 Å². The number of aromatic nitrogens is 2. The van der Waals surface area contributed by atoms with E-state index in [-0.39, 0.29) is 6.04 Å². The lowest BCUT2D eigenvalue weighted by Crippen LogP contribution is -2.23. The molecule has 1 N–H and O–H groups in total. The van der Waals surface area contributed by atoms with E-state index in [9.17, 15) is 0 Å². The third-order valence-corrected chi connectivity index (χ3v) is 4.88. The highest BCUT2D eigenvalue weighted by atomic mass is 79.9. The Morgan fingerprint density at radius 3 is 2.78 bits per heavy atom. The highest BCUT2D eigenvalue weighted by Crippen LogP contribution is 2.33. The molecule has 0 radical (unpaired) electrons. The molecule has 2 heterocycles. The Morgan fingerprint density at radius 2 is 2.28 bits per heavy atom. The summed E-state index contributed by atoms with van der Waals surface area (Å²) in [6.45, 7) is 5.20. The summed E-state index contributed by atoms with van der Waals surface area (Å²) >= 11 is 5.39. The molecule has 5 heteroatoms. The molecule has 0 aromatic carbocycles. The van der Waals surface area contributed by atoms with Gasteiger partial charge in [-0.05, 0) is 46.4 Å². The van der Waals surface area contributed by atoms with Crippen LogP contribution in [0.15, 0.2) is 22.0 Å². The molecule has 0 saturated carbocycles. The molecule has 0 aliphatic carbocycles. The second-order valence-electron chi connectivity index (χ2n) is 4.16. The molecule has 0 aliphatic heterocycles. The summed E-state index contributed by atoms with van der Waals surface area (Å²) in [5.74, 6) is 0. The van der Waals surface area contributed by atoms with Crippen molar-refractivity contribution in [3.05, 3.63) is 38.3 Å². The van der Waals surface area contributed by atoms with Gasteiger partial charge in [0.1, 0.15) is 0 Å². The van der Waals surface area contributed by atoms with Crippen molar-refractivity contribution < 1.29 is 0 Å². The minimum atomic E-state index is 0.210. The number of aryl methyl sites for hydroxylation is 2. The van der Waals surface area contributed by atoms with Gasteiger partial charge in [-0.15, -0.1) is 11.3 Å². The molecule has 0 amide bonds. The zero-order valence-corrected chi connectivity index (χ0v) is 13.3. The lowest BCUT2D eigenvalue weighted by atomic mass is 10.1. The van der Waals surface area contributed by atoms with Gasteiger partial charge in [0.2, 0.25) is 0 Å². The van der Waals surface area contributed by atoms with E-state index in [1.807, 2.05) is 11.7 Å². The van der Waals surface area contributed by atoms with Crippen LogP contribution in [0.5, 0.6) is 0 Å². The quantitative estimate of drug-likeness (QED) is 0.910. The van der Waals surface area contributed by atoms with Crippen LogP contribution in [0.1, 0.15) is 36.2 Å². The molecule has 0 saturated heterocycles. The van der Waals surface area contributed by atoms with Crippen LogP contribution in [-0.2, 0) is 13.5 Å². The summed E-state index contributed by atoms with van der Waals surface area (Å²) in [5.41, 5.74) is 2.36. The van der Waals surface area contributed by atoms with Gasteiger partial charge in [-0.2, -0.15) is 5.10 Å². The van der Waals surface area contributed by atoms with E-state index < -0.39 is 0 Å². The van der Waals surface area contributed by atoms with Gasteiger partial charge in [0.15, 0.2) is 0 Å². The van der Waals surface area contributed by atoms with E-state index in [1.165, 1.54) is 10.6 Å². The van der Waals surface area contributed by atoms with Crippen LogP contribution in [0.2, 0.25) is 0 Å². The molecule has 2 rings (SSSR count).